The Morgan fingerprint density at radius 3 is 2.42 bits per heavy atom. The Balaban J connectivity index is 1.18. The van der Waals surface area contributed by atoms with Crippen molar-refractivity contribution >= 4 is 46.7 Å². The Morgan fingerprint density at radius 2 is 1.75 bits per heavy atom. The van der Waals surface area contributed by atoms with Crippen LogP contribution in [-0.4, -0.2) is 80.1 Å². The Kier molecular flexibility index (Phi) is 13.2. The molecule has 0 bridgehead atoms. The highest BCUT2D eigenvalue weighted by atomic mass is 35.5. The molecule has 3 aliphatic rings. The van der Waals surface area contributed by atoms with Crippen LogP contribution in [0.25, 0.3) is 5.69 Å². The van der Waals surface area contributed by atoms with E-state index in [0.717, 1.165) is 42.5 Å². The van der Waals surface area contributed by atoms with Crippen LogP contribution in [0.5, 0.6) is 0 Å². The van der Waals surface area contributed by atoms with Crippen molar-refractivity contribution in [3.63, 3.8) is 0 Å². The number of likely N-dealkylation sites (tertiary alicyclic amines) is 1. The Morgan fingerprint density at radius 1 is 1.00 bits per heavy atom. The standard InChI is InChI=1S/C43H54ClN7O6/c1-5-11-33(37(53)40(55)45-26-29-16-18-32(19-17-29)51-21-10-20-46-51)47-39(54)35-25-43(24-34(49-57-43)30-14-9-15-31(44)23-30)27-50(35)41(56)38(42(2,3)4)48-36(52)22-28-12-7-6-8-13-28/h9-10,14-21,23,28,33,35,38H,5-8,11-13,22,24-27H2,1-4H3,(H,45,55)(H,47,54)(H,48,52)/t33-,35-,38-,43?/m0/s1. The van der Waals surface area contributed by atoms with Gasteiger partial charge in [-0.05, 0) is 66.5 Å². The summed E-state index contributed by atoms with van der Waals surface area (Å²) in [5.74, 6) is -2.54. The SMILES string of the molecule is CCC[C@H](NC(=O)[C@@H]1CC2(CC(c3cccc(Cl)c3)=NO2)CN1C(=O)[C@H](NC(=O)CC1CCCCC1)C(C)(C)C)C(=O)C(=O)NCc1ccc(-n2cccn2)cc1. The molecule has 3 heterocycles. The minimum absolute atomic E-state index is 0.0224. The van der Waals surface area contributed by atoms with Crippen LogP contribution < -0.4 is 16.0 Å². The van der Waals surface area contributed by atoms with Gasteiger partial charge in [-0.2, -0.15) is 5.10 Å². The zero-order valence-electron chi connectivity index (χ0n) is 33.3. The highest BCUT2D eigenvalue weighted by molar-refractivity contribution is 6.38. The molecule has 0 radical (unpaired) electrons. The van der Waals surface area contributed by atoms with Gasteiger partial charge >= 0.3 is 0 Å². The maximum Gasteiger partial charge on any atom is 0.289 e. The highest BCUT2D eigenvalue weighted by Gasteiger charge is 2.55. The van der Waals surface area contributed by atoms with Crippen LogP contribution in [0.3, 0.4) is 0 Å². The zero-order valence-corrected chi connectivity index (χ0v) is 34.0. The van der Waals surface area contributed by atoms with Gasteiger partial charge in [-0.1, -0.05) is 94.4 Å². The second-order valence-electron chi connectivity index (χ2n) is 16.8. The molecule has 1 aliphatic carbocycles. The molecule has 1 spiro atoms. The molecular formula is C43H54ClN7O6. The van der Waals surface area contributed by atoms with Crippen molar-refractivity contribution < 1.29 is 28.8 Å². The van der Waals surface area contributed by atoms with Gasteiger partial charge in [0.25, 0.3) is 5.91 Å². The second kappa shape index (κ2) is 18.0. The molecule has 4 amide bonds. The number of carbonyl (C=O) groups is 5. The van der Waals surface area contributed by atoms with E-state index in [1.807, 2.05) is 76.4 Å². The fraction of sp³-hybridized carbons (Fsp3) is 0.512. The predicted molar refractivity (Wildman–Crippen MR) is 216 cm³/mol. The van der Waals surface area contributed by atoms with Crippen LogP contribution in [-0.2, 0) is 35.4 Å². The number of hydrogen-bond donors (Lipinski definition) is 3. The van der Waals surface area contributed by atoms with E-state index in [1.54, 1.807) is 23.0 Å². The molecule has 4 atom stereocenters. The lowest BCUT2D eigenvalue weighted by Crippen LogP contribution is -2.59. The average molecular weight is 800 g/mol. The van der Waals surface area contributed by atoms with Gasteiger partial charge in [0.15, 0.2) is 5.60 Å². The van der Waals surface area contributed by atoms with Gasteiger partial charge in [-0.15, -0.1) is 0 Å². The van der Waals surface area contributed by atoms with Gasteiger partial charge in [-0.25, -0.2) is 4.68 Å². The first kappa shape index (κ1) is 41.6. The van der Waals surface area contributed by atoms with Crippen molar-refractivity contribution in [2.45, 2.75) is 122 Å². The van der Waals surface area contributed by atoms with Crippen LogP contribution in [0.1, 0.15) is 103 Å². The summed E-state index contributed by atoms with van der Waals surface area (Å²) in [4.78, 5) is 77.0. The monoisotopic (exact) mass is 799 g/mol. The maximum absolute atomic E-state index is 14.7. The topological polar surface area (TPSA) is 164 Å². The summed E-state index contributed by atoms with van der Waals surface area (Å²) in [5, 5.41) is 17.7. The van der Waals surface area contributed by atoms with E-state index in [-0.39, 0.29) is 37.8 Å². The van der Waals surface area contributed by atoms with Crippen molar-refractivity contribution in [2.24, 2.45) is 16.5 Å². The van der Waals surface area contributed by atoms with E-state index in [0.29, 0.717) is 30.0 Å². The number of aromatic nitrogens is 2. The van der Waals surface area contributed by atoms with Gasteiger partial charge in [0.1, 0.15) is 12.1 Å². The van der Waals surface area contributed by atoms with Crippen molar-refractivity contribution in [2.75, 3.05) is 6.54 Å². The first-order valence-corrected chi connectivity index (χ1v) is 20.5. The fourth-order valence-electron chi connectivity index (χ4n) is 8.08. The lowest BCUT2D eigenvalue weighted by atomic mass is 9.84. The minimum atomic E-state index is -1.13. The Labute approximate surface area is 339 Å². The highest BCUT2D eigenvalue weighted by Crippen LogP contribution is 2.40. The molecule has 1 saturated heterocycles. The third kappa shape index (κ3) is 10.3. The third-order valence-electron chi connectivity index (χ3n) is 11.2. The number of halogens is 1. The van der Waals surface area contributed by atoms with Gasteiger partial charge in [0.05, 0.1) is 24.0 Å². The molecule has 6 rings (SSSR count). The first-order valence-electron chi connectivity index (χ1n) is 20.1. The Hall–Kier alpha value is -5.04. The summed E-state index contributed by atoms with van der Waals surface area (Å²) < 4.78 is 1.71. The molecule has 3 N–H and O–H groups in total. The second-order valence-corrected chi connectivity index (χ2v) is 17.2. The van der Waals surface area contributed by atoms with Crippen molar-refractivity contribution in [1.82, 2.24) is 30.6 Å². The maximum atomic E-state index is 14.7. The van der Waals surface area contributed by atoms with Gasteiger partial charge in [0.2, 0.25) is 23.5 Å². The summed E-state index contributed by atoms with van der Waals surface area (Å²) in [6.07, 6.45) is 10.3. The molecule has 1 unspecified atom stereocenters. The molecular weight excluding hydrogens is 746 g/mol. The first-order chi connectivity index (χ1) is 27.2. The quantitative estimate of drug-likeness (QED) is 0.177. The fourth-order valence-corrected chi connectivity index (χ4v) is 8.27. The number of rotatable bonds is 14. The molecule has 2 fully saturated rings. The number of ketones is 1. The summed E-state index contributed by atoms with van der Waals surface area (Å²) >= 11 is 6.29. The molecule has 14 heteroatoms. The van der Waals surface area contributed by atoms with E-state index in [9.17, 15) is 24.0 Å². The summed E-state index contributed by atoms with van der Waals surface area (Å²) in [7, 11) is 0. The van der Waals surface area contributed by atoms with Crippen LogP contribution in [0.15, 0.2) is 72.1 Å². The number of nitrogens with zero attached hydrogens (tertiary/aromatic N) is 4. The number of benzene rings is 2. The summed E-state index contributed by atoms with van der Waals surface area (Å²) in [5.41, 5.74) is 1.28. The largest absolute Gasteiger partial charge is 0.387 e. The molecule has 3 aromatic rings. The third-order valence-corrected chi connectivity index (χ3v) is 11.4. The summed E-state index contributed by atoms with van der Waals surface area (Å²) in [6.45, 7) is 7.63. The number of hydrogen-bond acceptors (Lipinski definition) is 8. The zero-order chi connectivity index (χ0) is 40.7. The predicted octanol–water partition coefficient (Wildman–Crippen LogP) is 5.66. The minimum Gasteiger partial charge on any atom is -0.387 e. The average Bonchev–Trinajstić information content (AvgIpc) is 3.97. The van der Waals surface area contributed by atoms with Crippen LogP contribution in [0.2, 0.25) is 5.02 Å². The molecule has 2 aromatic carbocycles. The summed E-state index contributed by atoms with van der Waals surface area (Å²) in [6, 6.07) is 13.3. The van der Waals surface area contributed by atoms with Crippen molar-refractivity contribution in [1.29, 1.82) is 0 Å². The van der Waals surface area contributed by atoms with E-state index >= 15 is 0 Å². The molecule has 13 nitrogen and oxygen atoms in total. The van der Waals surface area contributed by atoms with Gasteiger partial charge < -0.3 is 25.7 Å². The van der Waals surface area contributed by atoms with Crippen LogP contribution >= 0.6 is 11.6 Å². The normalized spacial score (nSPS) is 20.7. The number of nitrogens with one attached hydrogen (secondary N) is 3. The lowest BCUT2D eigenvalue weighted by Gasteiger charge is -2.36. The van der Waals surface area contributed by atoms with Crippen LogP contribution in [0, 0.1) is 11.3 Å². The lowest BCUT2D eigenvalue weighted by molar-refractivity contribution is -0.145. The molecule has 2 aliphatic heterocycles. The van der Waals surface area contributed by atoms with E-state index in [2.05, 4.69) is 26.2 Å². The number of carbonyl (C=O) groups excluding carboxylic acids is 5. The Bertz CT molecular complexity index is 1950. The van der Waals surface area contributed by atoms with Crippen molar-refractivity contribution in [3.8, 4) is 5.69 Å². The molecule has 57 heavy (non-hydrogen) atoms. The van der Waals surface area contributed by atoms with E-state index < -0.39 is 52.6 Å². The van der Waals surface area contributed by atoms with Gasteiger partial charge in [0, 0.05) is 48.8 Å². The van der Waals surface area contributed by atoms with Crippen LogP contribution in [0.4, 0.5) is 0 Å². The number of amides is 4. The smallest absolute Gasteiger partial charge is 0.289 e. The van der Waals surface area contributed by atoms with E-state index in [4.69, 9.17) is 16.4 Å². The number of oxime groups is 1. The van der Waals surface area contributed by atoms with Gasteiger partial charge in [-0.3, -0.25) is 24.0 Å². The molecule has 1 aromatic heterocycles. The van der Waals surface area contributed by atoms with Crippen molar-refractivity contribution in [3.05, 3.63) is 83.1 Å². The molecule has 304 valence electrons. The number of Topliss-reactive ketones (excluding diaryl/α,β-unsaturated/α-hetero) is 1. The van der Waals surface area contributed by atoms with E-state index in [1.165, 1.54) is 11.3 Å². The molecule has 1 saturated carbocycles.